The predicted octanol–water partition coefficient (Wildman–Crippen LogP) is 3.37. The zero-order valence-corrected chi connectivity index (χ0v) is 9.95. The van der Waals surface area contributed by atoms with Crippen molar-refractivity contribution < 1.29 is 9.13 Å². The van der Waals surface area contributed by atoms with Gasteiger partial charge >= 0.3 is 0 Å². The Hall–Kier alpha value is -2.03. The molecule has 0 aromatic heterocycles. The number of anilines is 1. The molecule has 0 fully saturated rings. The summed E-state index contributed by atoms with van der Waals surface area (Å²) in [5.41, 5.74) is 3.68. The summed E-state index contributed by atoms with van der Waals surface area (Å²) in [7, 11) is 0. The van der Waals surface area contributed by atoms with Crippen LogP contribution in [0.15, 0.2) is 42.5 Å². The quantitative estimate of drug-likeness (QED) is 0.892. The summed E-state index contributed by atoms with van der Waals surface area (Å²) in [5, 5.41) is 3.34. The molecule has 0 unspecified atom stereocenters. The lowest BCUT2D eigenvalue weighted by atomic mass is 10.1. The molecular formula is C15H14FNO. The molecule has 0 spiro atoms. The maximum absolute atomic E-state index is 12.7. The average Bonchev–Trinajstić information content (AvgIpc) is 2.85. The number of fused-ring (bicyclic) bond motifs is 1. The van der Waals surface area contributed by atoms with Gasteiger partial charge in [-0.15, -0.1) is 0 Å². The van der Waals surface area contributed by atoms with E-state index in [4.69, 9.17) is 4.74 Å². The number of nitrogens with one attached hydrogen (secondary N) is 1. The highest BCUT2D eigenvalue weighted by Gasteiger charge is 2.09. The third kappa shape index (κ3) is 2.30. The Kier molecular flexibility index (Phi) is 2.89. The molecule has 2 nitrogen and oxygen atoms in total. The van der Waals surface area contributed by atoms with Gasteiger partial charge in [0.15, 0.2) is 0 Å². The number of rotatable bonds is 3. The van der Waals surface area contributed by atoms with Crippen molar-refractivity contribution in [2.45, 2.75) is 13.0 Å². The van der Waals surface area contributed by atoms with Crippen molar-refractivity contribution in [1.82, 2.24) is 0 Å². The van der Waals surface area contributed by atoms with Crippen LogP contribution in [0.25, 0.3) is 0 Å². The van der Waals surface area contributed by atoms with Crippen molar-refractivity contribution in [2.75, 3.05) is 11.9 Å². The smallest absolute Gasteiger partial charge is 0.123 e. The Morgan fingerprint density at radius 2 is 1.94 bits per heavy atom. The number of hydrogen-bond donors (Lipinski definition) is 1. The zero-order chi connectivity index (χ0) is 12.4. The molecule has 0 saturated heterocycles. The van der Waals surface area contributed by atoms with Crippen LogP contribution >= 0.6 is 0 Å². The van der Waals surface area contributed by atoms with Gasteiger partial charge in [0.2, 0.25) is 0 Å². The van der Waals surface area contributed by atoms with Crippen LogP contribution in [0.2, 0.25) is 0 Å². The van der Waals surface area contributed by atoms with E-state index < -0.39 is 0 Å². The molecule has 1 aliphatic heterocycles. The minimum Gasteiger partial charge on any atom is -0.489 e. The van der Waals surface area contributed by atoms with E-state index in [0.29, 0.717) is 12.4 Å². The summed E-state index contributed by atoms with van der Waals surface area (Å²) in [5.74, 6) is 0.439. The Labute approximate surface area is 105 Å². The van der Waals surface area contributed by atoms with E-state index >= 15 is 0 Å². The lowest BCUT2D eigenvalue weighted by Gasteiger charge is -2.08. The van der Waals surface area contributed by atoms with Gasteiger partial charge in [-0.25, -0.2) is 4.39 Å². The number of halogens is 1. The summed E-state index contributed by atoms with van der Waals surface area (Å²) in [6.07, 6.45) is 1.09. The van der Waals surface area contributed by atoms with Crippen molar-refractivity contribution in [3.8, 4) is 5.75 Å². The van der Waals surface area contributed by atoms with Crippen LogP contribution in [-0.2, 0) is 13.0 Å². The molecule has 1 aliphatic rings. The Bertz CT molecular complexity index is 551. The monoisotopic (exact) mass is 243 g/mol. The first-order valence-corrected chi connectivity index (χ1v) is 6.05. The number of ether oxygens (including phenoxy) is 1. The minimum absolute atomic E-state index is 0.246. The molecule has 2 aromatic rings. The fraction of sp³-hybridized carbons (Fsp3) is 0.200. The van der Waals surface area contributed by atoms with Crippen LogP contribution in [0.3, 0.4) is 0 Å². The van der Waals surface area contributed by atoms with Gasteiger partial charge in [-0.2, -0.15) is 0 Å². The third-order valence-corrected chi connectivity index (χ3v) is 3.10. The van der Waals surface area contributed by atoms with Crippen molar-refractivity contribution in [3.05, 3.63) is 59.4 Å². The van der Waals surface area contributed by atoms with Gasteiger partial charge in [0.25, 0.3) is 0 Å². The summed E-state index contributed by atoms with van der Waals surface area (Å²) in [6.45, 7) is 1.51. The zero-order valence-electron chi connectivity index (χ0n) is 9.95. The fourth-order valence-corrected chi connectivity index (χ4v) is 2.13. The number of hydrogen-bond acceptors (Lipinski definition) is 2. The topological polar surface area (TPSA) is 21.3 Å². The highest BCUT2D eigenvalue weighted by molar-refractivity contribution is 5.56. The van der Waals surface area contributed by atoms with Crippen molar-refractivity contribution in [1.29, 1.82) is 0 Å². The van der Waals surface area contributed by atoms with Crippen LogP contribution in [-0.4, -0.2) is 6.54 Å². The van der Waals surface area contributed by atoms with Crippen LogP contribution in [0.4, 0.5) is 10.1 Å². The molecule has 3 heteroatoms. The maximum atomic E-state index is 12.7. The molecule has 92 valence electrons. The lowest BCUT2D eigenvalue weighted by molar-refractivity contribution is 0.306. The van der Waals surface area contributed by atoms with Crippen LogP contribution in [0, 0.1) is 5.82 Å². The molecule has 1 heterocycles. The van der Waals surface area contributed by atoms with Crippen LogP contribution in [0.1, 0.15) is 11.1 Å². The Morgan fingerprint density at radius 1 is 1.11 bits per heavy atom. The Balaban J connectivity index is 1.68. The molecule has 0 aliphatic carbocycles. The highest BCUT2D eigenvalue weighted by atomic mass is 19.1. The van der Waals surface area contributed by atoms with E-state index in [1.54, 1.807) is 12.1 Å². The van der Waals surface area contributed by atoms with Gasteiger partial charge in [0, 0.05) is 12.2 Å². The van der Waals surface area contributed by atoms with E-state index in [0.717, 1.165) is 18.5 Å². The van der Waals surface area contributed by atoms with Crippen molar-refractivity contribution >= 4 is 5.69 Å². The molecule has 0 atom stereocenters. The molecule has 0 radical (unpaired) electrons. The van der Waals surface area contributed by atoms with Gasteiger partial charge < -0.3 is 10.1 Å². The van der Waals surface area contributed by atoms with Crippen LogP contribution in [0.5, 0.6) is 5.75 Å². The number of benzene rings is 2. The SMILES string of the molecule is Fc1ccc(OCc2ccc3c(c2)NCC3)cc1. The van der Waals surface area contributed by atoms with E-state index in [9.17, 15) is 4.39 Å². The minimum atomic E-state index is -0.246. The molecule has 0 bridgehead atoms. The summed E-state index contributed by atoms with van der Waals surface area (Å²) < 4.78 is 18.3. The molecule has 0 saturated carbocycles. The van der Waals surface area contributed by atoms with Gasteiger partial charge in [0.05, 0.1) is 0 Å². The second kappa shape index (κ2) is 4.69. The largest absolute Gasteiger partial charge is 0.489 e. The molecular weight excluding hydrogens is 229 g/mol. The van der Waals surface area contributed by atoms with Gasteiger partial charge in [-0.3, -0.25) is 0 Å². The first-order valence-electron chi connectivity index (χ1n) is 6.05. The second-order valence-corrected chi connectivity index (χ2v) is 4.41. The maximum Gasteiger partial charge on any atom is 0.123 e. The summed E-state index contributed by atoms with van der Waals surface area (Å²) in [4.78, 5) is 0. The van der Waals surface area contributed by atoms with Gasteiger partial charge in [-0.1, -0.05) is 12.1 Å². The standard InChI is InChI=1S/C15H14FNO/c16-13-3-5-14(6-4-13)18-10-11-1-2-12-7-8-17-15(12)9-11/h1-6,9,17H,7-8,10H2. The molecule has 1 N–H and O–H groups in total. The highest BCUT2D eigenvalue weighted by Crippen LogP contribution is 2.24. The van der Waals surface area contributed by atoms with Gasteiger partial charge in [0.1, 0.15) is 18.2 Å². The van der Waals surface area contributed by atoms with Crippen molar-refractivity contribution in [3.63, 3.8) is 0 Å². The normalized spacial score (nSPS) is 12.9. The molecule has 0 amide bonds. The summed E-state index contributed by atoms with van der Waals surface area (Å²) in [6, 6.07) is 12.4. The molecule has 3 rings (SSSR count). The Morgan fingerprint density at radius 3 is 2.78 bits per heavy atom. The van der Waals surface area contributed by atoms with E-state index in [-0.39, 0.29) is 5.82 Å². The van der Waals surface area contributed by atoms with E-state index in [1.807, 2.05) is 0 Å². The lowest BCUT2D eigenvalue weighted by Crippen LogP contribution is -1.96. The van der Waals surface area contributed by atoms with Gasteiger partial charge in [-0.05, 0) is 47.9 Å². The fourth-order valence-electron chi connectivity index (χ4n) is 2.13. The van der Waals surface area contributed by atoms with Crippen molar-refractivity contribution in [2.24, 2.45) is 0 Å². The summed E-state index contributed by atoms with van der Waals surface area (Å²) >= 11 is 0. The van der Waals surface area contributed by atoms with E-state index in [1.165, 1.54) is 23.4 Å². The third-order valence-electron chi connectivity index (χ3n) is 3.10. The average molecular weight is 243 g/mol. The molecule has 2 aromatic carbocycles. The predicted molar refractivity (Wildman–Crippen MR) is 69.4 cm³/mol. The first kappa shape index (κ1) is 11.1. The second-order valence-electron chi connectivity index (χ2n) is 4.41. The van der Waals surface area contributed by atoms with E-state index in [2.05, 4.69) is 23.5 Å². The first-order chi connectivity index (χ1) is 8.81. The van der Waals surface area contributed by atoms with Crippen LogP contribution < -0.4 is 10.1 Å². The molecule has 18 heavy (non-hydrogen) atoms.